The van der Waals surface area contributed by atoms with Gasteiger partial charge in [0.2, 0.25) is 5.91 Å². The molecule has 3 rings (SSSR count). The number of carbonyl (C=O) groups is 1. The number of alkyl halides is 3. The van der Waals surface area contributed by atoms with Gasteiger partial charge in [0.25, 0.3) is 0 Å². The standard InChI is InChI=1S/C16H25F3N2O/c17-16(18,19)7-8-21(10-11-5-6-11)15(22)14-9-12-3-1-2-4-13(12)20-14/h11-14,20H,1-10H2. The average molecular weight is 318 g/mol. The third-order valence-electron chi connectivity index (χ3n) is 5.31. The average Bonchev–Trinajstić information content (AvgIpc) is 3.17. The Morgan fingerprint density at radius 3 is 2.50 bits per heavy atom. The van der Waals surface area contributed by atoms with Gasteiger partial charge in [-0.25, -0.2) is 0 Å². The zero-order valence-electron chi connectivity index (χ0n) is 12.9. The van der Waals surface area contributed by atoms with Crippen LogP contribution in [-0.4, -0.2) is 42.2 Å². The predicted octanol–water partition coefficient (Wildman–Crippen LogP) is 3.10. The molecule has 0 bridgehead atoms. The van der Waals surface area contributed by atoms with Crippen LogP contribution in [0.2, 0.25) is 0 Å². The minimum Gasteiger partial charge on any atom is -0.341 e. The maximum absolute atomic E-state index is 12.7. The van der Waals surface area contributed by atoms with Crippen molar-refractivity contribution in [3.63, 3.8) is 0 Å². The van der Waals surface area contributed by atoms with Crippen molar-refractivity contribution in [1.82, 2.24) is 10.2 Å². The predicted molar refractivity (Wildman–Crippen MR) is 77.3 cm³/mol. The Balaban J connectivity index is 1.58. The van der Waals surface area contributed by atoms with E-state index < -0.39 is 12.6 Å². The van der Waals surface area contributed by atoms with E-state index in [4.69, 9.17) is 0 Å². The van der Waals surface area contributed by atoms with Gasteiger partial charge in [0.1, 0.15) is 0 Å². The Hall–Kier alpha value is -0.780. The van der Waals surface area contributed by atoms with Crippen LogP contribution in [0.15, 0.2) is 0 Å². The van der Waals surface area contributed by atoms with Gasteiger partial charge in [-0.1, -0.05) is 12.8 Å². The van der Waals surface area contributed by atoms with Crippen molar-refractivity contribution in [2.75, 3.05) is 13.1 Å². The van der Waals surface area contributed by atoms with Crippen molar-refractivity contribution in [3.8, 4) is 0 Å². The van der Waals surface area contributed by atoms with Crippen LogP contribution in [0.5, 0.6) is 0 Å². The molecular weight excluding hydrogens is 293 g/mol. The molecule has 6 heteroatoms. The lowest BCUT2D eigenvalue weighted by molar-refractivity contribution is -0.146. The lowest BCUT2D eigenvalue weighted by atomic mass is 9.85. The van der Waals surface area contributed by atoms with E-state index in [1.54, 1.807) is 0 Å². The lowest BCUT2D eigenvalue weighted by Crippen LogP contribution is -2.47. The maximum atomic E-state index is 12.7. The van der Waals surface area contributed by atoms with Gasteiger partial charge >= 0.3 is 6.18 Å². The minimum absolute atomic E-state index is 0.106. The summed E-state index contributed by atoms with van der Waals surface area (Å²) in [6.45, 7) is 0.314. The molecular formula is C16H25F3N2O. The topological polar surface area (TPSA) is 32.3 Å². The van der Waals surface area contributed by atoms with Gasteiger partial charge in [-0.05, 0) is 43.9 Å². The number of carbonyl (C=O) groups excluding carboxylic acids is 1. The Labute approximate surface area is 129 Å². The van der Waals surface area contributed by atoms with Crippen LogP contribution >= 0.6 is 0 Å². The monoisotopic (exact) mass is 318 g/mol. The number of hydrogen-bond donors (Lipinski definition) is 1. The molecule has 3 fully saturated rings. The third kappa shape index (κ3) is 4.15. The van der Waals surface area contributed by atoms with E-state index in [-0.39, 0.29) is 18.5 Å². The van der Waals surface area contributed by atoms with Crippen LogP contribution in [0.1, 0.15) is 51.4 Å². The van der Waals surface area contributed by atoms with E-state index in [1.807, 2.05) is 0 Å². The molecule has 3 unspecified atom stereocenters. The van der Waals surface area contributed by atoms with Crippen molar-refractivity contribution < 1.29 is 18.0 Å². The fourth-order valence-corrected chi connectivity index (χ4v) is 3.90. The second kappa shape index (κ2) is 6.38. The fourth-order valence-electron chi connectivity index (χ4n) is 3.90. The number of halogens is 3. The molecule has 1 saturated heterocycles. The second-order valence-corrected chi connectivity index (χ2v) is 7.20. The van der Waals surface area contributed by atoms with E-state index in [0.717, 1.165) is 32.1 Å². The number of nitrogens with one attached hydrogen (secondary N) is 1. The number of amides is 1. The Kier molecular flexibility index (Phi) is 4.67. The first-order valence-corrected chi connectivity index (χ1v) is 8.54. The van der Waals surface area contributed by atoms with Crippen LogP contribution < -0.4 is 5.32 Å². The molecule has 0 radical (unpaired) electrons. The molecule has 22 heavy (non-hydrogen) atoms. The highest BCUT2D eigenvalue weighted by atomic mass is 19.4. The van der Waals surface area contributed by atoms with Crippen molar-refractivity contribution in [2.24, 2.45) is 11.8 Å². The summed E-state index contributed by atoms with van der Waals surface area (Å²) < 4.78 is 37.5. The van der Waals surface area contributed by atoms with Crippen molar-refractivity contribution in [2.45, 2.75) is 69.6 Å². The molecule has 126 valence electrons. The zero-order chi connectivity index (χ0) is 15.7. The molecule has 0 aromatic heterocycles. The van der Waals surface area contributed by atoms with Crippen molar-refractivity contribution in [1.29, 1.82) is 0 Å². The summed E-state index contributed by atoms with van der Waals surface area (Å²) in [4.78, 5) is 14.1. The highest BCUT2D eigenvalue weighted by molar-refractivity contribution is 5.82. The second-order valence-electron chi connectivity index (χ2n) is 7.20. The molecule has 1 N–H and O–H groups in total. The van der Waals surface area contributed by atoms with Gasteiger partial charge < -0.3 is 10.2 Å². The molecule has 3 atom stereocenters. The first-order valence-electron chi connectivity index (χ1n) is 8.54. The summed E-state index contributed by atoms with van der Waals surface area (Å²) in [5, 5.41) is 3.39. The van der Waals surface area contributed by atoms with Crippen LogP contribution in [-0.2, 0) is 4.79 Å². The molecule has 2 aliphatic carbocycles. The van der Waals surface area contributed by atoms with Gasteiger partial charge in [-0.3, -0.25) is 4.79 Å². The smallest absolute Gasteiger partial charge is 0.341 e. The van der Waals surface area contributed by atoms with Crippen LogP contribution in [0.3, 0.4) is 0 Å². The van der Waals surface area contributed by atoms with Gasteiger partial charge in [0.15, 0.2) is 0 Å². The molecule has 0 aromatic rings. The molecule has 3 nitrogen and oxygen atoms in total. The summed E-state index contributed by atoms with van der Waals surface area (Å²) in [5.41, 5.74) is 0. The normalized spacial score (nSPS) is 31.9. The maximum Gasteiger partial charge on any atom is 0.390 e. The molecule has 1 heterocycles. The first kappa shape index (κ1) is 16.1. The highest BCUT2D eigenvalue weighted by Gasteiger charge is 2.41. The summed E-state index contributed by atoms with van der Waals surface area (Å²) in [7, 11) is 0. The lowest BCUT2D eigenvalue weighted by Gasteiger charge is -2.27. The Morgan fingerprint density at radius 2 is 1.86 bits per heavy atom. The van der Waals surface area contributed by atoms with Crippen LogP contribution in [0.25, 0.3) is 0 Å². The zero-order valence-corrected chi connectivity index (χ0v) is 12.9. The fraction of sp³-hybridized carbons (Fsp3) is 0.938. The Bertz CT molecular complexity index is 395. The summed E-state index contributed by atoms with van der Waals surface area (Å²) in [5.74, 6) is 0.847. The molecule has 3 aliphatic rings. The summed E-state index contributed by atoms with van der Waals surface area (Å²) in [6, 6.07) is 0.133. The van der Waals surface area contributed by atoms with E-state index in [9.17, 15) is 18.0 Å². The van der Waals surface area contributed by atoms with Crippen LogP contribution in [0.4, 0.5) is 13.2 Å². The molecule has 1 aliphatic heterocycles. The minimum atomic E-state index is -4.20. The third-order valence-corrected chi connectivity index (χ3v) is 5.31. The molecule has 0 spiro atoms. The van der Waals surface area contributed by atoms with Gasteiger partial charge in [-0.15, -0.1) is 0 Å². The number of rotatable bonds is 5. The van der Waals surface area contributed by atoms with Gasteiger partial charge in [0, 0.05) is 19.1 Å². The van der Waals surface area contributed by atoms with E-state index >= 15 is 0 Å². The molecule has 2 saturated carbocycles. The van der Waals surface area contributed by atoms with Crippen molar-refractivity contribution >= 4 is 5.91 Å². The highest BCUT2D eigenvalue weighted by Crippen LogP contribution is 2.35. The summed E-state index contributed by atoms with van der Waals surface area (Å²) in [6.07, 6.45) is 2.43. The summed E-state index contributed by atoms with van der Waals surface area (Å²) >= 11 is 0. The Morgan fingerprint density at radius 1 is 1.14 bits per heavy atom. The number of fused-ring (bicyclic) bond motifs is 1. The number of nitrogens with zero attached hydrogens (tertiary/aromatic N) is 1. The van der Waals surface area contributed by atoms with E-state index in [1.165, 1.54) is 17.7 Å². The first-order chi connectivity index (χ1) is 10.4. The largest absolute Gasteiger partial charge is 0.390 e. The quantitative estimate of drug-likeness (QED) is 0.845. The van der Waals surface area contributed by atoms with Crippen LogP contribution in [0, 0.1) is 11.8 Å². The molecule has 1 amide bonds. The molecule has 0 aromatic carbocycles. The van der Waals surface area contributed by atoms with E-state index in [0.29, 0.717) is 24.4 Å². The van der Waals surface area contributed by atoms with E-state index in [2.05, 4.69) is 5.32 Å². The SMILES string of the molecule is O=C(C1CC2CCCCC2N1)N(CCC(F)(F)F)CC1CC1. The van der Waals surface area contributed by atoms with Gasteiger partial charge in [0.05, 0.1) is 12.5 Å². The van der Waals surface area contributed by atoms with Gasteiger partial charge in [-0.2, -0.15) is 13.2 Å². The number of hydrogen-bond acceptors (Lipinski definition) is 2. The van der Waals surface area contributed by atoms with Crippen molar-refractivity contribution in [3.05, 3.63) is 0 Å².